The lowest BCUT2D eigenvalue weighted by atomic mass is 10.2. The summed E-state index contributed by atoms with van der Waals surface area (Å²) >= 11 is 0. The monoisotopic (exact) mass is 225 g/mol. The number of ether oxygens (including phenoxy) is 1. The summed E-state index contributed by atoms with van der Waals surface area (Å²) < 4.78 is 5.43. The summed E-state index contributed by atoms with van der Waals surface area (Å²) in [4.78, 5) is 19.8. The number of hydrogen-bond donors (Lipinski definition) is 3. The second-order valence-electron chi connectivity index (χ2n) is 3.64. The van der Waals surface area contributed by atoms with E-state index in [1.807, 2.05) is 4.90 Å². The van der Waals surface area contributed by atoms with Gasteiger partial charge in [0, 0.05) is 19.6 Å². The number of aromatic nitrogens is 2. The van der Waals surface area contributed by atoms with E-state index in [0.717, 1.165) is 0 Å². The molecule has 1 fully saturated rings. The van der Waals surface area contributed by atoms with Gasteiger partial charge >= 0.3 is 0 Å². The second kappa shape index (κ2) is 4.50. The lowest BCUT2D eigenvalue weighted by Gasteiger charge is -2.33. The Balaban J connectivity index is 2.23. The molecule has 1 atom stereocenters. The number of nitrogen functional groups attached to an aromatic ring is 1. The zero-order valence-corrected chi connectivity index (χ0v) is 8.85. The Morgan fingerprint density at radius 1 is 1.69 bits per heavy atom. The molecule has 1 aromatic heterocycles. The molecule has 1 saturated heterocycles. The van der Waals surface area contributed by atoms with Gasteiger partial charge in [0.15, 0.2) is 5.82 Å². The van der Waals surface area contributed by atoms with Crippen molar-refractivity contribution in [3.8, 4) is 0 Å². The molecule has 16 heavy (non-hydrogen) atoms. The molecule has 1 aromatic rings. The predicted molar refractivity (Wildman–Crippen MR) is 60.3 cm³/mol. The molecular formula is C9H15N5O2. The molecule has 88 valence electrons. The van der Waals surface area contributed by atoms with Gasteiger partial charge in [-0.3, -0.25) is 4.79 Å². The van der Waals surface area contributed by atoms with Crippen molar-refractivity contribution < 1.29 is 4.74 Å². The number of aromatic amines is 1. The number of anilines is 2. The maximum absolute atomic E-state index is 11.3. The standard InChI is InChI=1S/C9H15N5O2/c10-3-6-4-14(1-2-16-6)8-7(11)9(15)13-5-12-8/h5-6H,1-4,10-11H2,(H,12,13,15). The van der Waals surface area contributed by atoms with E-state index >= 15 is 0 Å². The van der Waals surface area contributed by atoms with E-state index < -0.39 is 0 Å². The fourth-order valence-corrected chi connectivity index (χ4v) is 1.71. The molecule has 5 N–H and O–H groups in total. The lowest BCUT2D eigenvalue weighted by Crippen LogP contribution is -2.46. The molecule has 0 aromatic carbocycles. The fraction of sp³-hybridized carbons (Fsp3) is 0.556. The van der Waals surface area contributed by atoms with Crippen LogP contribution in [-0.4, -0.2) is 42.3 Å². The Morgan fingerprint density at radius 3 is 3.25 bits per heavy atom. The van der Waals surface area contributed by atoms with Crippen LogP contribution >= 0.6 is 0 Å². The van der Waals surface area contributed by atoms with Crippen molar-refractivity contribution in [2.75, 3.05) is 36.9 Å². The average Bonchev–Trinajstić information content (AvgIpc) is 2.33. The van der Waals surface area contributed by atoms with Crippen molar-refractivity contribution >= 4 is 11.5 Å². The molecule has 0 amide bonds. The molecule has 1 aliphatic rings. The third-order valence-corrected chi connectivity index (χ3v) is 2.57. The van der Waals surface area contributed by atoms with Gasteiger partial charge in [-0.2, -0.15) is 0 Å². The Bertz CT molecular complexity index is 419. The summed E-state index contributed by atoms with van der Waals surface area (Å²) in [6.07, 6.45) is 1.32. The van der Waals surface area contributed by atoms with E-state index in [1.165, 1.54) is 6.33 Å². The number of nitrogens with zero attached hydrogens (tertiary/aromatic N) is 2. The highest BCUT2D eigenvalue weighted by atomic mass is 16.5. The molecule has 0 spiro atoms. The van der Waals surface area contributed by atoms with Crippen molar-refractivity contribution in [3.63, 3.8) is 0 Å². The molecule has 7 nitrogen and oxygen atoms in total. The van der Waals surface area contributed by atoms with Crippen molar-refractivity contribution in [2.45, 2.75) is 6.10 Å². The summed E-state index contributed by atoms with van der Waals surface area (Å²) in [5, 5.41) is 0. The first-order valence-electron chi connectivity index (χ1n) is 5.12. The first-order valence-corrected chi connectivity index (χ1v) is 5.12. The summed E-state index contributed by atoms with van der Waals surface area (Å²) in [6.45, 7) is 2.28. The van der Waals surface area contributed by atoms with Gasteiger partial charge in [0.25, 0.3) is 5.56 Å². The Kier molecular flexibility index (Phi) is 3.07. The average molecular weight is 225 g/mol. The maximum atomic E-state index is 11.3. The maximum Gasteiger partial charge on any atom is 0.276 e. The number of H-pyrrole nitrogens is 1. The van der Waals surface area contributed by atoms with Crippen molar-refractivity contribution in [1.82, 2.24) is 9.97 Å². The molecule has 1 unspecified atom stereocenters. The summed E-state index contributed by atoms with van der Waals surface area (Å²) in [5.74, 6) is 0.505. The van der Waals surface area contributed by atoms with E-state index in [0.29, 0.717) is 32.1 Å². The smallest absolute Gasteiger partial charge is 0.276 e. The van der Waals surface area contributed by atoms with Crippen LogP contribution < -0.4 is 21.9 Å². The van der Waals surface area contributed by atoms with Crippen LogP contribution in [0.1, 0.15) is 0 Å². The fourth-order valence-electron chi connectivity index (χ4n) is 1.71. The van der Waals surface area contributed by atoms with E-state index in [9.17, 15) is 4.79 Å². The van der Waals surface area contributed by atoms with Gasteiger partial charge in [0.1, 0.15) is 5.69 Å². The SMILES string of the molecule is NCC1CN(c2nc[nH]c(=O)c2N)CCO1. The minimum Gasteiger partial charge on any atom is -0.391 e. The van der Waals surface area contributed by atoms with E-state index in [2.05, 4.69) is 9.97 Å². The molecule has 0 aliphatic carbocycles. The third kappa shape index (κ3) is 2.00. The number of nitrogens with two attached hydrogens (primary N) is 2. The van der Waals surface area contributed by atoms with Crippen molar-refractivity contribution in [2.24, 2.45) is 5.73 Å². The molecule has 0 bridgehead atoms. The van der Waals surface area contributed by atoms with E-state index in [1.54, 1.807) is 0 Å². The van der Waals surface area contributed by atoms with Gasteiger partial charge in [-0.05, 0) is 0 Å². The first kappa shape index (κ1) is 10.9. The quantitative estimate of drug-likeness (QED) is 0.566. The number of nitrogens with one attached hydrogen (secondary N) is 1. The molecule has 0 saturated carbocycles. The number of hydrogen-bond acceptors (Lipinski definition) is 6. The van der Waals surface area contributed by atoms with Crippen LogP contribution in [0.2, 0.25) is 0 Å². The van der Waals surface area contributed by atoms with Crippen LogP contribution in [0.4, 0.5) is 11.5 Å². The van der Waals surface area contributed by atoms with Crippen LogP contribution in [0.3, 0.4) is 0 Å². The lowest BCUT2D eigenvalue weighted by molar-refractivity contribution is 0.0463. The van der Waals surface area contributed by atoms with Gasteiger partial charge in [-0.15, -0.1) is 0 Å². The molecule has 7 heteroatoms. The highest BCUT2D eigenvalue weighted by Crippen LogP contribution is 2.17. The molecular weight excluding hydrogens is 210 g/mol. The number of rotatable bonds is 2. The van der Waals surface area contributed by atoms with Crippen molar-refractivity contribution in [3.05, 3.63) is 16.7 Å². The predicted octanol–water partition coefficient (Wildman–Crippen LogP) is -1.48. The largest absolute Gasteiger partial charge is 0.391 e. The topological polar surface area (TPSA) is 110 Å². The Hall–Kier alpha value is -1.60. The van der Waals surface area contributed by atoms with Gasteiger partial charge in [-0.25, -0.2) is 4.98 Å². The zero-order valence-electron chi connectivity index (χ0n) is 8.85. The van der Waals surface area contributed by atoms with Gasteiger partial charge in [-0.1, -0.05) is 0 Å². The molecule has 2 heterocycles. The van der Waals surface area contributed by atoms with Crippen LogP contribution in [0, 0.1) is 0 Å². The third-order valence-electron chi connectivity index (χ3n) is 2.57. The Morgan fingerprint density at radius 2 is 2.50 bits per heavy atom. The van der Waals surface area contributed by atoms with Gasteiger partial charge < -0.3 is 26.1 Å². The molecule has 2 rings (SSSR count). The van der Waals surface area contributed by atoms with E-state index in [4.69, 9.17) is 16.2 Å². The van der Waals surface area contributed by atoms with E-state index in [-0.39, 0.29) is 17.4 Å². The highest BCUT2D eigenvalue weighted by molar-refractivity contribution is 5.61. The van der Waals surface area contributed by atoms with Crippen LogP contribution in [0.15, 0.2) is 11.1 Å². The second-order valence-corrected chi connectivity index (χ2v) is 3.64. The zero-order chi connectivity index (χ0) is 11.5. The first-order chi connectivity index (χ1) is 7.72. The Labute approximate surface area is 92.4 Å². The highest BCUT2D eigenvalue weighted by Gasteiger charge is 2.22. The minimum atomic E-state index is -0.319. The van der Waals surface area contributed by atoms with Gasteiger partial charge in [0.2, 0.25) is 0 Å². The summed E-state index contributed by atoms with van der Waals surface area (Å²) in [7, 11) is 0. The van der Waals surface area contributed by atoms with Crippen molar-refractivity contribution in [1.29, 1.82) is 0 Å². The van der Waals surface area contributed by atoms with Crippen LogP contribution in [-0.2, 0) is 4.74 Å². The van der Waals surface area contributed by atoms with Gasteiger partial charge in [0.05, 0.1) is 19.0 Å². The van der Waals surface area contributed by atoms with Crippen LogP contribution in [0.25, 0.3) is 0 Å². The molecule has 1 aliphatic heterocycles. The minimum absolute atomic E-state index is 0.0331. The molecule has 0 radical (unpaired) electrons. The summed E-state index contributed by atoms with van der Waals surface area (Å²) in [6, 6.07) is 0. The number of morpholine rings is 1. The summed E-state index contributed by atoms with van der Waals surface area (Å²) in [5.41, 5.74) is 11.0. The van der Waals surface area contributed by atoms with Crippen LogP contribution in [0.5, 0.6) is 0 Å². The normalized spacial score (nSPS) is 21.1.